The molecular weight excluding hydrogens is 340 g/mol. The Balaban J connectivity index is 1.41. The van der Waals surface area contributed by atoms with Crippen molar-refractivity contribution in [3.8, 4) is 17.7 Å². The van der Waals surface area contributed by atoms with Crippen LogP contribution in [-0.2, 0) is 0 Å². The largest absolute Gasteiger partial charge is 0.439 e. The molecule has 5 rings (SSSR count). The number of hydrogen-bond acceptors (Lipinski definition) is 5. The molecule has 0 saturated carbocycles. The number of rotatable bonds is 4. The molecular formula is C21H22N4O2. The van der Waals surface area contributed by atoms with Crippen molar-refractivity contribution in [3.63, 3.8) is 0 Å². The van der Waals surface area contributed by atoms with Crippen LogP contribution in [0.3, 0.4) is 0 Å². The number of amides is 1. The highest BCUT2D eigenvalue weighted by atomic mass is 16.5. The van der Waals surface area contributed by atoms with E-state index in [0.29, 0.717) is 34.8 Å². The zero-order valence-corrected chi connectivity index (χ0v) is 15.3. The fourth-order valence-corrected chi connectivity index (χ4v) is 4.11. The van der Waals surface area contributed by atoms with E-state index in [9.17, 15) is 4.79 Å². The van der Waals surface area contributed by atoms with Crippen LogP contribution in [0.2, 0.25) is 0 Å². The highest BCUT2D eigenvalue weighted by molar-refractivity contribution is 5.94. The molecule has 0 aliphatic carbocycles. The van der Waals surface area contributed by atoms with Crippen LogP contribution in [0.1, 0.15) is 35.8 Å². The average Bonchev–Trinajstić information content (AvgIpc) is 2.71. The summed E-state index contributed by atoms with van der Waals surface area (Å²) in [5, 5.41) is 12.1. The minimum atomic E-state index is -0.0447. The van der Waals surface area contributed by atoms with Crippen LogP contribution in [0.4, 0.5) is 0 Å². The fourth-order valence-electron chi connectivity index (χ4n) is 4.11. The van der Waals surface area contributed by atoms with Crippen molar-refractivity contribution in [1.29, 1.82) is 5.26 Å². The molecule has 27 heavy (non-hydrogen) atoms. The number of nitrogens with zero attached hydrogens (tertiary/aromatic N) is 3. The normalized spacial score (nSPS) is 26.2. The maximum absolute atomic E-state index is 12.7. The Labute approximate surface area is 158 Å². The van der Waals surface area contributed by atoms with Crippen LogP contribution in [-0.4, -0.2) is 41.0 Å². The summed E-state index contributed by atoms with van der Waals surface area (Å²) in [4.78, 5) is 19.2. The smallest absolute Gasteiger partial charge is 0.251 e. The number of carbonyl (C=O) groups is 1. The third-order valence-corrected chi connectivity index (χ3v) is 5.65. The van der Waals surface area contributed by atoms with E-state index in [-0.39, 0.29) is 11.9 Å². The van der Waals surface area contributed by atoms with Crippen molar-refractivity contribution in [2.75, 3.05) is 13.1 Å². The number of carbonyl (C=O) groups excluding carboxylic acids is 1. The standard InChI is InChI=1S/C21H22N4O2/c1-14-20(15-9-11-25(14)12-10-15)24-21(26)16-5-7-18(8-6-16)27-19-4-2-3-17(13-22)23-19/h2-8,14-15,20H,9-12H2,1H3,(H,24,26)/t14-,20-/m0/s1. The number of pyridine rings is 1. The molecule has 3 saturated heterocycles. The summed E-state index contributed by atoms with van der Waals surface area (Å²) in [5.41, 5.74) is 0.917. The van der Waals surface area contributed by atoms with Gasteiger partial charge in [0.05, 0.1) is 0 Å². The van der Waals surface area contributed by atoms with Gasteiger partial charge in [-0.25, -0.2) is 4.98 Å². The zero-order valence-electron chi connectivity index (χ0n) is 15.3. The Kier molecular flexibility index (Phi) is 4.78. The molecule has 3 aliphatic rings. The lowest BCUT2D eigenvalue weighted by atomic mass is 9.79. The van der Waals surface area contributed by atoms with Gasteiger partial charge in [0.1, 0.15) is 17.5 Å². The van der Waals surface area contributed by atoms with Gasteiger partial charge in [0, 0.05) is 23.7 Å². The van der Waals surface area contributed by atoms with Gasteiger partial charge in [0.25, 0.3) is 5.91 Å². The molecule has 6 nitrogen and oxygen atoms in total. The Morgan fingerprint density at radius 2 is 1.96 bits per heavy atom. The molecule has 0 spiro atoms. The average molecular weight is 362 g/mol. The van der Waals surface area contributed by atoms with Gasteiger partial charge in [0.2, 0.25) is 5.88 Å². The number of nitrogens with one attached hydrogen (secondary N) is 1. The summed E-state index contributed by atoms with van der Waals surface area (Å²) < 4.78 is 5.66. The van der Waals surface area contributed by atoms with Crippen LogP contribution < -0.4 is 10.1 Å². The number of nitriles is 1. The van der Waals surface area contributed by atoms with Crippen molar-refractivity contribution in [3.05, 3.63) is 53.7 Å². The molecule has 2 atom stereocenters. The summed E-state index contributed by atoms with van der Waals surface area (Å²) in [6, 6.07) is 14.6. The second kappa shape index (κ2) is 7.37. The highest BCUT2D eigenvalue weighted by Crippen LogP contribution is 2.32. The van der Waals surface area contributed by atoms with Crippen molar-refractivity contribution < 1.29 is 9.53 Å². The minimum Gasteiger partial charge on any atom is -0.439 e. The van der Waals surface area contributed by atoms with Crippen molar-refractivity contribution in [1.82, 2.24) is 15.2 Å². The predicted octanol–water partition coefficient (Wildman–Crippen LogP) is 2.96. The summed E-state index contributed by atoms with van der Waals surface area (Å²) in [6.07, 6.45) is 2.33. The van der Waals surface area contributed by atoms with E-state index < -0.39 is 0 Å². The molecule has 1 aromatic heterocycles. The lowest BCUT2D eigenvalue weighted by Gasteiger charge is -2.49. The Morgan fingerprint density at radius 3 is 2.63 bits per heavy atom. The molecule has 2 aromatic rings. The Hall–Kier alpha value is -2.91. The summed E-state index contributed by atoms with van der Waals surface area (Å²) in [7, 11) is 0. The van der Waals surface area contributed by atoms with Gasteiger partial charge in [-0.15, -0.1) is 0 Å². The Morgan fingerprint density at radius 1 is 1.22 bits per heavy atom. The minimum absolute atomic E-state index is 0.0447. The number of hydrogen-bond donors (Lipinski definition) is 1. The van der Waals surface area contributed by atoms with E-state index in [1.54, 1.807) is 42.5 Å². The van der Waals surface area contributed by atoms with Gasteiger partial charge >= 0.3 is 0 Å². The molecule has 6 heteroatoms. The highest BCUT2D eigenvalue weighted by Gasteiger charge is 2.40. The summed E-state index contributed by atoms with van der Waals surface area (Å²) in [6.45, 7) is 4.49. The molecule has 0 unspecified atom stereocenters. The van der Waals surface area contributed by atoms with Crippen molar-refractivity contribution in [2.24, 2.45) is 5.92 Å². The first kappa shape index (κ1) is 17.5. The number of piperidine rings is 3. The number of ether oxygens (including phenoxy) is 1. The molecule has 3 aliphatic heterocycles. The molecule has 4 heterocycles. The summed E-state index contributed by atoms with van der Waals surface area (Å²) >= 11 is 0. The van der Waals surface area contributed by atoms with Crippen molar-refractivity contribution in [2.45, 2.75) is 31.8 Å². The molecule has 3 fully saturated rings. The number of fused-ring (bicyclic) bond motifs is 3. The van der Waals surface area contributed by atoms with Crippen LogP contribution in [0.5, 0.6) is 11.6 Å². The maximum atomic E-state index is 12.7. The molecule has 1 amide bonds. The Bertz CT molecular complexity index is 864. The van der Waals surface area contributed by atoms with E-state index in [0.717, 1.165) is 25.9 Å². The molecule has 1 N–H and O–H groups in total. The number of benzene rings is 1. The van der Waals surface area contributed by atoms with Gasteiger partial charge in [-0.2, -0.15) is 5.26 Å². The van der Waals surface area contributed by atoms with Crippen LogP contribution in [0, 0.1) is 17.2 Å². The monoisotopic (exact) mass is 362 g/mol. The molecule has 2 bridgehead atoms. The van der Waals surface area contributed by atoms with Gasteiger partial charge < -0.3 is 10.1 Å². The zero-order chi connectivity index (χ0) is 18.8. The molecule has 138 valence electrons. The second-order valence-electron chi connectivity index (χ2n) is 7.21. The van der Waals surface area contributed by atoms with E-state index in [2.05, 4.69) is 22.1 Å². The molecule has 1 aromatic carbocycles. The third kappa shape index (κ3) is 3.64. The van der Waals surface area contributed by atoms with E-state index in [4.69, 9.17) is 10.00 Å². The first-order valence-electron chi connectivity index (χ1n) is 9.34. The van der Waals surface area contributed by atoms with Crippen LogP contribution >= 0.6 is 0 Å². The van der Waals surface area contributed by atoms with Crippen LogP contribution in [0.25, 0.3) is 0 Å². The number of aromatic nitrogens is 1. The lowest BCUT2D eigenvalue weighted by Crippen LogP contribution is -2.62. The lowest BCUT2D eigenvalue weighted by molar-refractivity contribution is 0.0217. The van der Waals surface area contributed by atoms with E-state index in [1.807, 2.05) is 6.07 Å². The first-order chi connectivity index (χ1) is 13.1. The SMILES string of the molecule is C[C@H]1[C@H](NC(=O)c2ccc(Oc3cccc(C#N)n3)cc2)C2CCN1CC2. The van der Waals surface area contributed by atoms with Gasteiger partial charge in [-0.1, -0.05) is 6.07 Å². The molecule has 0 radical (unpaired) electrons. The maximum Gasteiger partial charge on any atom is 0.251 e. The second-order valence-corrected chi connectivity index (χ2v) is 7.21. The third-order valence-electron chi connectivity index (χ3n) is 5.65. The first-order valence-corrected chi connectivity index (χ1v) is 9.34. The summed E-state index contributed by atoms with van der Waals surface area (Å²) in [5.74, 6) is 1.46. The van der Waals surface area contributed by atoms with Crippen molar-refractivity contribution >= 4 is 5.91 Å². The topological polar surface area (TPSA) is 78.2 Å². The van der Waals surface area contributed by atoms with Crippen LogP contribution in [0.15, 0.2) is 42.5 Å². The predicted molar refractivity (Wildman–Crippen MR) is 100 cm³/mol. The van der Waals surface area contributed by atoms with Gasteiger partial charge in [0.15, 0.2) is 0 Å². The van der Waals surface area contributed by atoms with Gasteiger partial charge in [-0.05, 0) is 69.1 Å². The van der Waals surface area contributed by atoms with Gasteiger partial charge in [-0.3, -0.25) is 9.69 Å². The van der Waals surface area contributed by atoms with E-state index >= 15 is 0 Å². The quantitative estimate of drug-likeness (QED) is 0.905. The fraction of sp³-hybridized carbons (Fsp3) is 0.381. The van der Waals surface area contributed by atoms with E-state index in [1.165, 1.54) is 0 Å².